The van der Waals surface area contributed by atoms with Crippen molar-refractivity contribution < 1.29 is 0 Å². The highest BCUT2D eigenvalue weighted by atomic mass is 15.0. The summed E-state index contributed by atoms with van der Waals surface area (Å²) in [5, 5.41) is 3.63. The van der Waals surface area contributed by atoms with Crippen molar-refractivity contribution in [3.63, 3.8) is 0 Å². The summed E-state index contributed by atoms with van der Waals surface area (Å²) in [7, 11) is 0. The second-order valence-corrected chi connectivity index (χ2v) is 5.35. The molecule has 0 saturated heterocycles. The summed E-state index contributed by atoms with van der Waals surface area (Å²) in [5.41, 5.74) is 1.15. The lowest BCUT2D eigenvalue weighted by molar-refractivity contribution is 0.317. The van der Waals surface area contributed by atoms with Gasteiger partial charge in [-0.15, -0.1) is 0 Å². The third kappa shape index (κ3) is 3.44. The average Bonchev–Trinajstić information content (AvgIpc) is 2.40. The fourth-order valence-corrected chi connectivity index (χ4v) is 2.95. The molecule has 18 heavy (non-hydrogen) atoms. The quantitative estimate of drug-likeness (QED) is 0.859. The number of aromatic nitrogens is 2. The summed E-state index contributed by atoms with van der Waals surface area (Å²) in [6.45, 7) is 4.48. The van der Waals surface area contributed by atoms with Gasteiger partial charge in [-0.1, -0.05) is 39.5 Å². The Bertz CT molecular complexity index is 365. The average molecular weight is 247 g/mol. The van der Waals surface area contributed by atoms with E-state index < -0.39 is 0 Å². The van der Waals surface area contributed by atoms with E-state index in [-0.39, 0.29) is 0 Å². The van der Waals surface area contributed by atoms with Crippen LogP contribution in [0.4, 0.5) is 5.82 Å². The standard InChI is InChI=1S/C15H25N3/c1-3-7-13-10-15(17-11-16-13)18-14-9-6-5-8-12(14)4-2/h10-12,14H,3-9H2,1-2H3,(H,16,17,18). The van der Waals surface area contributed by atoms with E-state index in [4.69, 9.17) is 0 Å². The van der Waals surface area contributed by atoms with Crippen molar-refractivity contribution in [2.75, 3.05) is 5.32 Å². The smallest absolute Gasteiger partial charge is 0.129 e. The maximum Gasteiger partial charge on any atom is 0.129 e. The Balaban J connectivity index is 2.00. The van der Waals surface area contributed by atoms with Crippen LogP contribution in [0.15, 0.2) is 12.4 Å². The van der Waals surface area contributed by atoms with E-state index in [0.29, 0.717) is 6.04 Å². The first kappa shape index (κ1) is 13.3. The Kier molecular flexibility index (Phi) is 4.97. The van der Waals surface area contributed by atoms with E-state index in [1.165, 1.54) is 32.1 Å². The summed E-state index contributed by atoms with van der Waals surface area (Å²) in [6.07, 6.45) is 10.5. The van der Waals surface area contributed by atoms with Crippen LogP contribution >= 0.6 is 0 Å². The van der Waals surface area contributed by atoms with E-state index >= 15 is 0 Å². The fourth-order valence-electron chi connectivity index (χ4n) is 2.95. The van der Waals surface area contributed by atoms with Crippen LogP contribution in [0.2, 0.25) is 0 Å². The molecule has 0 radical (unpaired) electrons. The molecule has 3 heteroatoms. The number of hydrogen-bond donors (Lipinski definition) is 1. The summed E-state index contributed by atoms with van der Waals surface area (Å²) >= 11 is 0. The molecule has 0 amide bonds. The van der Waals surface area contributed by atoms with Gasteiger partial charge < -0.3 is 5.32 Å². The number of nitrogens with one attached hydrogen (secondary N) is 1. The Morgan fingerprint density at radius 1 is 1.22 bits per heavy atom. The number of hydrogen-bond acceptors (Lipinski definition) is 3. The molecular weight excluding hydrogens is 222 g/mol. The molecular formula is C15H25N3. The van der Waals surface area contributed by atoms with E-state index in [1.807, 2.05) is 0 Å². The van der Waals surface area contributed by atoms with Gasteiger partial charge in [0.15, 0.2) is 0 Å². The van der Waals surface area contributed by atoms with Crippen molar-refractivity contribution in [1.29, 1.82) is 0 Å². The predicted octanol–water partition coefficient (Wildman–Crippen LogP) is 3.81. The minimum atomic E-state index is 0.605. The lowest BCUT2D eigenvalue weighted by Crippen LogP contribution is -2.32. The molecule has 1 aromatic heterocycles. The molecule has 1 saturated carbocycles. The van der Waals surface area contributed by atoms with Crippen molar-refractivity contribution in [1.82, 2.24) is 9.97 Å². The van der Waals surface area contributed by atoms with Gasteiger partial charge in [0, 0.05) is 17.8 Å². The lowest BCUT2D eigenvalue weighted by atomic mass is 9.83. The first-order chi connectivity index (χ1) is 8.83. The Hall–Kier alpha value is -1.12. The van der Waals surface area contributed by atoms with Crippen LogP contribution in [0.5, 0.6) is 0 Å². The summed E-state index contributed by atoms with van der Waals surface area (Å²) in [6, 6.07) is 2.72. The summed E-state index contributed by atoms with van der Waals surface area (Å²) in [4.78, 5) is 8.67. The molecule has 0 bridgehead atoms. The van der Waals surface area contributed by atoms with Crippen molar-refractivity contribution in [2.24, 2.45) is 5.92 Å². The highest BCUT2D eigenvalue weighted by Crippen LogP contribution is 2.28. The van der Waals surface area contributed by atoms with Gasteiger partial charge in [-0.2, -0.15) is 0 Å². The zero-order valence-corrected chi connectivity index (χ0v) is 11.7. The number of aryl methyl sites for hydroxylation is 1. The first-order valence-corrected chi connectivity index (χ1v) is 7.41. The van der Waals surface area contributed by atoms with Crippen molar-refractivity contribution >= 4 is 5.82 Å². The minimum absolute atomic E-state index is 0.605. The number of nitrogens with zero attached hydrogens (tertiary/aromatic N) is 2. The largest absolute Gasteiger partial charge is 0.367 e. The van der Waals surface area contributed by atoms with Gasteiger partial charge in [-0.25, -0.2) is 9.97 Å². The van der Waals surface area contributed by atoms with Gasteiger partial charge in [0.25, 0.3) is 0 Å². The molecule has 0 spiro atoms. The van der Waals surface area contributed by atoms with Gasteiger partial charge in [-0.3, -0.25) is 0 Å². The Morgan fingerprint density at radius 3 is 2.83 bits per heavy atom. The molecule has 1 fully saturated rings. The van der Waals surface area contributed by atoms with Crippen molar-refractivity contribution in [2.45, 2.75) is 64.8 Å². The van der Waals surface area contributed by atoms with E-state index in [2.05, 4.69) is 35.2 Å². The molecule has 2 unspecified atom stereocenters. The normalized spacial score (nSPS) is 23.9. The third-order valence-electron chi connectivity index (χ3n) is 4.00. The molecule has 3 nitrogen and oxygen atoms in total. The second kappa shape index (κ2) is 6.72. The van der Waals surface area contributed by atoms with Crippen LogP contribution in [0, 0.1) is 5.92 Å². The lowest BCUT2D eigenvalue weighted by Gasteiger charge is -2.31. The highest BCUT2D eigenvalue weighted by Gasteiger charge is 2.23. The molecule has 1 aliphatic rings. The van der Waals surface area contributed by atoms with Crippen molar-refractivity contribution in [3.8, 4) is 0 Å². The molecule has 100 valence electrons. The van der Waals surface area contributed by atoms with Crippen LogP contribution in [-0.4, -0.2) is 16.0 Å². The third-order valence-corrected chi connectivity index (χ3v) is 4.00. The van der Waals surface area contributed by atoms with Crippen LogP contribution in [0.3, 0.4) is 0 Å². The van der Waals surface area contributed by atoms with E-state index in [0.717, 1.165) is 30.3 Å². The Morgan fingerprint density at radius 2 is 2.06 bits per heavy atom. The van der Waals surface area contributed by atoms with Gasteiger partial charge in [0.2, 0.25) is 0 Å². The highest BCUT2D eigenvalue weighted by molar-refractivity contribution is 5.36. The molecule has 2 rings (SSSR count). The topological polar surface area (TPSA) is 37.8 Å². The summed E-state index contributed by atoms with van der Waals surface area (Å²) in [5.74, 6) is 1.82. The van der Waals surface area contributed by atoms with E-state index in [1.54, 1.807) is 6.33 Å². The van der Waals surface area contributed by atoms with Gasteiger partial charge in [0.1, 0.15) is 12.1 Å². The van der Waals surface area contributed by atoms with Gasteiger partial charge >= 0.3 is 0 Å². The maximum atomic E-state index is 4.36. The molecule has 0 aliphatic heterocycles. The van der Waals surface area contributed by atoms with Crippen LogP contribution < -0.4 is 5.32 Å². The first-order valence-electron chi connectivity index (χ1n) is 7.41. The van der Waals surface area contributed by atoms with Crippen LogP contribution in [0.25, 0.3) is 0 Å². The summed E-state index contributed by atoms with van der Waals surface area (Å²) < 4.78 is 0. The monoisotopic (exact) mass is 247 g/mol. The van der Waals surface area contributed by atoms with E-state index in [9.17, 15) is 0 Å². The SMILES string of the molecule is CCCc1cc(NC2CCCCC2CC)ncn1. The Labute approximate surface area is 110 Å². The zero-order chi connectivity index (χ0) is 12.8. The molecule has 0 aromatic carbocycles. The minimum Gasteiger partial charge on any atom is -0.367 e. The van der Waals surface area contributed by atoms with Crippen molar-refractivity contribution in [3.05, 3.63) is 18.1 Å². The number of rotatable bonds is 5. The molecule has 1 N–H and O–H groups in total. The molecule has 1 aliphatic carbocycles. The maximum absolute atomic E-state index is 4.36. The van der Waals surface area contributed by atoms with Crippen LogP contribution in [0.1, 0.15) is 58.1 Å². The second-order valence-electron chi connectivity index (χ2n) is 5.35. The van der Waals surface area contributed by atoms with Gasteiger partial charge in [0.05, 0.1) is 0 Å². The molecule has 2 atom stereocenters. The molecule has 1 aromatic rings. The zero-order valence-electron chi connectivity index (χ0n) is 11.7. The fraction of sp³-hybridized carbons (Fsp3) is 0.733. The van der Waals surface area contributed by atoms with Crippen LogP contribution in [-0.2, 0) is 6.42 Å². The molecule has 1 heterocycles. The van der Waals surface area contributed by atoms with Gasteiger partial charge in [-0.05, 0) is 25.2 Å². The number of anilines is 1. The predicted molar refractivity (Wildman–Crippen MR) is 75.7 cm³/mol.